The molecule has 0 aliphatic carbocycles. The first-order valence-corrected chi connectivity index (χ1v) is 8.80. The van der Waals surface area contributed by atoms with Crippen LogP contribution >= 0.6 is 0 Å². The first-order chi connectivity index (χ1) is 13.6. The van der Waals surface area contributed by atoms with Crippen LogP contribution in [0.5, 0.6) is 5.88 Å². The summed E-state index contributed by atoms with van der Waals surface area (Å²) < 4.78 is 41.0. The van der Waals surface area contributed by atoms with Crippen LogP contribution in [0.1, 0.15) is 25.8 Å². The average Bonchev–Trinajstić information content (AvgIpc) is 2.64. The Kier molecular flexibility index (Phi) is 7.18. The number of aliphatic imine (C=N–C) groups is 1. The van der Waals surface area contributed by atoms with Crippen LogP contribution < -0.4 is 20.7 Å². The third-order valence-corrected chi connectivity index (χ3v) is 3.66. The summed E-state index contributed by atoms with van der Waals surface area (Å²) in [5, 5.41) is 8.07. The number of amides is 2. The van der Waals surface area contributed by atoms with E-state index in [9.17, 15) is 22.8 Å². The summed E-state index contributed by atoms with van der Waals surface area (Å²) in [6.07, 6.45) is 1.22. The summed E-state index contributed by atoms with van der Waals surface area (Å²) in [7, 11) is 0. The monoisotopic (exact) mass is 413 g/mol. The summed E-state index contributed by atoms with van der Waals surface area (Å²) in [5.74, 6) is -0.950. The van der Waals surface area contributed by atoms with Gasteiger partial charge in [0.05, 0.1) is 6.21 Å². The van der Waals surface area contributed by atoms with Gasteiger partial charge in [0.25, 0.3) is 5.91 Å². The molecule has 2 amide bonds. The zero-order valence-electron chi connectivity index (χ0n) is 15.9. The number of pyridine rings is 1. The number of alkyl halides is 3. The van der Waals surface area contributed by atoms with Crippen molar-refractivity contribution in [2.24, 2.45) is 10.9 Å². The topological polar surface area (TPSA) is 105 Å². The molecule has 0 fully saturated rings. The van der Waals surface area contributed by atoms with Crippen molar-refractivity contribution in [3.05, 3.63) is 36.3 Å². The summed E-state index contributed by atoms with van der Waals surface area (Å²) in [4.78, 5) is 32.6. The smallest absolute Gasteiger partial charge is 0.422 e. The Hall–Kier alpha value is -3.11. The van der Waals surface area contributed by atoms with E-state index in [1.54, 1.807) is 0 Å². The molecule has 2 heterocycles. The number of nitrogens with one attached hydrogen (secondary N) is 3. The standard InChI is InChI=1S/C18H22F3N5O3/c1-12(2)7-14(27)26-17(10-22-5-6-25-17)16(28)24-9-13-3-4-15(23-8-13)29-11-18(19,20)21/h3-6,8,10,12,25H,7,9,11H2,1-2H3,(H,24,28)(H,26,27). The first-order valence-electron chi connectivity index (χ1n) is 8.80. The molecular formula is C18H22F3N5O3. The van der Waals surface area contributed by atoms with Crippen molar-refractivity contribution in [2.75, 3.05) is 6.61 Å². The highest BCUT2D eigenvalue weighted by atomic mass is 19.4. The van der Waals surface area contributed by atoms with Crippen molar-refractivity contribution in [3.8, 4) is 5.88 Å². The summed E-state index contributed by atoms with van der Waals surface area (Å²) in [6.45, 7) is 2.35. The fourth-order valence-electron chi connectivity index (χ4n) is 2.37. The summed E-state index contributed by atoms with van der Waals surface area (Å²) >= 11 is 0. The van der Waals surface area contributed by atoms with Crippen LogP contribution in [0.2, 0.25) is 0 Å². The number of carbonyl (C=O) groups excluding carboxylic acids is 2. The van der Waals surface area contributed by atoms with Crippen LogP contribution in [0.4, 0.5) is 13.2 Å². The number of nitrogens with zero attached hydrogens (tertiary/aromatic N) is 2. The molecule has 1 aliphatic heterocycles. The molecule has 0 spiro atoms. The number of carbonyl (C=O) groups is 2. The van der Waals surface area contributed by atoms with Crippen LogP contribution in [-0.4, -0.2) is 41.5 Å². The van der Waals surface area contributed by atoms with Crippen LogP contribution in [-0.2, 0) is 16.1 Å². The van der Waals surface area contributed by atoms with E-state index in [1.807, 2.05) is 13.8 Å². The maximum absolute atomic E-state index is 12.7. The Morgan fingerprint density at radius 1 is 1.31 bits per heavy atom. The normalized spacial score (nSPS) is 18.3. The van der Waals surface area contributed by atoms with E-state index in [4.69, 9.17) is 0 Å². The Morgan fingerprint density at radius 2 is 2.07 bits per heavy atom. The largest absolute Gasteiger partial charge is 0.468 e. The lowest BCUT2D eigenvalue weighted by atomic mass is 10.1. The second-order valence-electron chi connectivity index (χ2n) is 6.78. The van der Waals surface area contributed by atoms with Gasteiger partial charge < -0.3 is 20.7 Å². The lowest BCUT2D eigenvalue weighted by molar-refractivity contribution is -0.154. The van der Waals surface area contributed by atoms with Crippen LogP contribution in [0, 0.1) is 5.92 Å². The fourth-order valence-corrected chi connectivity index (χ4v) is 2.37. The van der Waals surface area contributed by atoms with E-state index in [0.717, 1.165) is 0 Å². The fraction of sp³-hybridized carbons (Fsp3) is 0.444. The highest BCUT2D eigenvalue weighted by Crippen LogP contribution is 2.17. The van der Waals surface area contributed by atoms with Crippen LogP contribution in [0.15, 0.2) is 35.7 Å². The first kappa shape index (κ1) is 22.2. The third kappa shape index (κ3) is 7.09. The highest BCUT2D eigenvalue weighted by Gasteiger charge is 2.38. The molecule has 158 valence electrons. The van der Waals surface area contributed by atoms with Crippen molar-refractivity contribution in [1.29, 1.82) is 0 Å². The van der Waals surface area contributed by atoms with Gasteiger partial charge in [-0.15, -0.1) is 0 Å². The van der Waals surface area contributed by atoms with E-state index < -0.39 is 24.4 Å². The number of hydrogen-bond donors (Lipinski definition) is 3. The second kappa shape index (κ2) is 9.39. The molecule has 1 unspecified atom stereocenters. The van der Waals surface area contributed by atoms with Gasteiger partial charge >= 0.3 is 6.18 Å². The van der Waals surface area contributed by atoms with E-state index in [2.05, 4.69) is 30.7 Å². The minimum Gasteiger partial charge on any atom is -0.468 e. The van der Waals surface area contributed by atoms with E-state index in [-0.39, 0.29) is 30.7 Å². The van der Waals surface area contributed by atoms with E-state index in [0.29, 0.717) is 5.56 Å². The molecule has 0 saturated heterocycles. The summed E-state index contributed by atoms with van der Waals surface area (Å²) in [5.41, 5.74) is -1.01. The molecule has 1 atom stereocenters. The van der Waals surface area contributed by atoms with Crippen molar-refractivity contribution in [2.45, 2.75) is 38.7 Å². The molecule has 0 bridgehead atoms. The number of aromatic nitrogens is 1. The molecule has 3 N–H and O–H groups in total. The Balaban J connectivity index is 1.97. The number of rotatable bonds is 8. The second-order valence-corrected chi connectivity index (χ2v) is 6.78. The Labute approximate surface area is 165 Å². The van der Waals surface area contributed by atoms with Crippen molar-refractivity contribution >= 4 is 18.0 Å². The van der Waals surface area contributed by atoms with Crippen LogP contribution in [0.3, 0.4) is 0 Å². The molecule has 11 heteroatoms. The van der Waals surface area contributed by atoms with Crippen molar-refractivity contribution < 1.29 is 27.5 Å². The number of hydrogen-bond acceptors (Lipinski definition) is 6. The quantitative estimate of drug-likeness (QED) is 0.601. The van der Waals surface area contributed by atoms with Gasteiger partial charge in [0.1, 0.15) is 0 Å². The van der Waals surface area contributed by atoms with Gasteiger partial charge in [0.15, 0.2) is 6.61 Å². The van der Waals surface area contributed by atoms with Gasteiger partial charge in [0, 0.05) is 37.6 Å². The third-order valence-electron chi connectivity index (χ3n) is 3.66. The van der Waals surface area contributed by atoms with Gasteiger partial charge in [-0.2, -0.15) is 13.2 Å². The van der Waals surface area contributed by atoms with Gasteiger partial charge in [-0.05, 0) is 11.5 Å². The zero-order valence-corrected chi connectivity index (χ0v) is 15.9. The molecule has 1 aromatic heterocycles. The Bertz CT molecular complexity index is 778. The predicted octanol–water partition coefficient (Wildman–Crippen LogP) is 1.64. The van der Waals surface area contributed by atoms with Crippen molar-refractivity contribution in [1.82, 2.24) is 20.9 Å². The molecule has 0 aromatic carbocycles. The van der Waals surface area contributed by atoms with Gasteiger partial charge in [-0.3, -0.25) is 14.6 Å². The molecule has 1 aliphatic rings. The molecule has 0 saturated carbocycles. The van der Waals surface area contributed by atoms with Crippen LogP contribution in [0.25, 0.3) is 0 Å². The average molecular weight is 413 g/mol. The summed E-state index contributed by atoms with van der Waals surface area (Å²) in [6, 6.07) is 2.75. The molecule has 0 radical (unpaired) electrons. The zero-order chi connectivity index (χ0) is 21.5. The van der Waals surface area contributed by atoms with Gasteiger partial charge in [-0.25, -0.2) is 4.98 Å². The molecule has 29 heavy (non-hydrogen) atoms. The van der Waals surface area contributed by atoms with Gasteiger partial charge in [-0.1, -0.05) is 19.9 Å². The maximum atomic E-state index is 12.7. The van der Waals surface area contributed by atoms with E-state index >= 15 is 0 Å². The maximum Gasteiger partial charge on any atom is 0.422 e. The SMILES string of the molecule is CC(C)CC(=O)NC1(C(=O)NCc2ccc(OCC(F)(F)F)nc2)C=NC=CN1. The van der Waals surface area contributed by atoms with Crippen molar-refractivity contribution in [3.63, 3.8) is 0 Å². The molecule has 1 aromatic rings. The lowest BCUT2D eigenvalue weighted by Gasteiger charge is -2.31. The lowest BCUT2D eigenvalue weighted by Crippen LogP contribution is -2.67. The van der Waals surface area contributed by atoms with E-state index in [1.165, 1.54) is 36.9 Å². The minimum atomic E-state index is -4.45. The predicted molar refractivity (Wildman–Crippen MR) is 98.7 cm³/mol. The highest BCUT2D eigenvalue weighted by molar-refractivity contribution is 6.06. The minimum absolute atomic E-state index is 0.0341. The number of ether oxygens (including phenoxy) is 1. The molecular weight excluding hydrogens is 391 g/mol. The Morgan fingerprint density at radius 3 is 2.62 bits per heavy atom. The number of halogens is 3. The molecule has 8 nitrogen and oxygen atoms in total. The molecule has 2 rings (SSSR count). The van der Waals surface area contributed by atoms with Gasteiger partial charge in [0.2, 0.25) is 17.5 Å².